The number of ether oxygens (including phenoxy) is 2. The number of carbonyl (C=O) groups is 1. The van der Waals surface area contributed by atoms with Crippen molar-refractivity contribution in [2.24, 2.45) is 0 Å². The molecule has 156 valence electrons. The van der Waals surface area contributed by atoms with Crippen LogP contribution >= 0.6 is 0 Å². The van der Waals surface area contributed by atoms with Gasteiger partial charge in [-0.25, -0.2) is 8.78 Å². The van der Waals surface area contributed by atoms with Crippen LogP contribution in [0.2, 0.25) is 0 Å². The van der Waals surface area contributed by atoms with Gasteiger partial charge in [-0.2, -0.15) is 13.2 Å². The molecule has 1 unspecified atom stereocenters. The van der Waals surface area contributed by atoms with Crippen molar-refractivity contribution in [2.75, 3.05) is 26.3 Å². The Morgan fingerprint density at radius 3 is 2.52 bits per heavy atom. The minimum absolute atomic E-state index is 0.0281. The molecule has 0 aliphatic carbocycles. The molecule has 1 aliphatic rings. The predicted molar refractivity (Wildman–Crippen MR) is 93.3 cm³/mol. The molecule has 0 saturated carbocycles. The van der Waals surface area contributed by atoms with Gasteiger partial charge in [0.15, 0.2) is 0 Å². The summed E-state index contributed by atoms with van der Waals surface area (Å²) < 4.78 is 76.6. The Morgan fingerprint density at radius 1 is 1.14 bits per heavy atom. The summed E-state index contributed by atoms with van der Waals surface area (Å²) in [6.07, 6.45) is -5.49. The highest BCUT2D eigenvalue weighted by atomic mass is 19.4. The fourth-order valence-electron chi connectivity index (χ4n) is 2.96. The predicted octanol–water partition coefficient (Wildman–Crippen LogP) is 3.83. The van der Waals surface area contributed by atoms with Gasteiger partial charge in [-0.05, 0) is 30.3 Å². The van der Waals surface area contributed by atoms with Gasteiger partial charge in [0.25, 0.3) is 0 Å². The second-order valence-corrected chi connectivity index (χ2v) is 6.55. The van der Waals surface area contributed by atoms with Crippen LogP contribution in [0.4, 0.5) is 22.0 Å². The molecule has 1 heterocycles. The van der Waals surface area contributed by atoms with Gasteiger partial charge in [0.2, 0.25) is 5.91 Å². The number of hydrogen-bond acceptors (Lipinski definition) is 3. The average Bonchev–Trinajstić information content (AvgIpc) is 2.69. The van der Waals surface area contributed by atoms with Gasteiger partial charge in [-0.1, -0.05) is 12.1 Å². The van der Waals surface area contributed by atoms with Gasteiger partial charge in [-0.15, -0.1) is 0 Å². The molecule has 0 radical (unpaired) electrons. The molecule has 2 aromatic rings. The standard InChI is InChI=1S/C20H18F5NO3/c21-17-5-2-6-18(22)16(17)10-19(27)26-7-8-28-15(11-26)12-29-14-4-1-3-13(9-14)20(23,24)25/h1-6,9,15H,7-8,10-12H2. The van der Waals surface area contributed by atoms with Crippen molar-refractivity contribution >= 4 is 5.91 Å². The zero-order valence-corrected chi connectivity index (χ0v) is 15.2. The Labute approximate surface area is 163 Å². The van der Waals surface area contributed by atoms with E-state index in [9.17, 15) is 26.7 Å². The molecule has 0 aromatic heterocycles. The second-order valence-electron chi connectivity index (χ2n) is 6.55. The molecule has 3 rings (SSSR count). The monoisotopic (exact) mass is 415 g/mol. The average molecular weight is 415 g/mol. The number of alkyl halides is 3. The maximum Gasteiger partial charge on any atom is 0.416 e. The highest BCUT2D eigenvalue weighted by Crippen LogP contribution is 2.31. The van der Waals surface area contributed by atoms with E-state index in [1.165, 1.54) is 23.1 Å². The molecular weight excluding hydrogens is 397 g/mol. The Morgan fingerprint density at radius 2 is 1.83 bits per heavy atom. The van der Waals surface area contributed by atoms with Gasteiger partial charge < -0.3 is 14.4 Å². The van der Waals surface area contributed by atoms with Crippen LogP contribution in [0.5, 0.6) is 5.75 Å². The number of carbonyl (C=O) groups excluding carboxylic acids is 1. The van der Waals surface area contributed by atoms with E-state index in [0.717, 1.165) is 24.3 Å². The molecule has 1 aliphatic heterocycles. The van der Waals surface area contributed by atoms with E-state index in [0.29, 0.717) is 0 Å². The highest BCUT2D eigenvalue weighted by molar-refractivity contribution is 5.79. The topological polar surface area (TPSA) is 38.8 Å². The van der Waals surface area contributed by atoms with Gasteiger partial charge in [0, 0.05) is 12.1 Å². The van der Waals surface area contributed by atoms with E-state index >= 15 is 0 Å². The van der Waals surface area contributed by atoms with E-state index in [2.05, 4.69) is 0 Å². The minimum Gasteiger partial charge on any atom is -0.491 e. The van der Waals surface area contributed by atoms with Crippen LogP contribution in [-0.4, -0.2) is 43.2 Å². The number of rotatable bonds is 5. The number of halogens is 5. The second kappa shape index (κ2) is 8.77. The molecule has 1 fully saturated rings. The fourth-order valence-corrected chi connectivity index (χ4v) is 2.96. The lowest BCUT2D eigenvalue weighted by Gasteiger charge is -2.33. The first kappa shape index (κ1) is 21.0. The smallest absolute Gasteiger partial charge is 0.416 e. The largest absolute Gasteiger partial charge is 0.491 e. The van der Waals surface area contributed by atoms with Crippen LogP contribution in [0.3, 0.4) is 0 Å². The number of nitrogens with zero attached hydrogens (tertiary/aromatic N) is 1. The van der Waals surface area contributed by atoms with E-state index in [1.807, 2.05) is 0 Å². The quantitative estimate of drug-likeness (QED) is 0.697. The molecule has 2 aromatic carbocycles. The zero-order valence-electron chi connectivity index (χ0n) is 15.2. The highest BCUT2D eigenvalue weighted by Gasteiger charge is 2.31. The van der Waals surface area contributed by atoms with Crippen LogP contribution in [0.25, 0.3) is 0 Å². The van der Waals surface area contributed by atoms with E-state index in [-0.39, 0.29) is 37.6 Å². The van der Waals surface area contributed by atoms with Crippen LogP contribution < -0.4 is 4.74 Å². The third kappa shape index (κ3) is 5.44. The van der Waals surface area contributed by atoms with Crippen molar-refractivity contribution in [1.82, 2.24) is 4.90 Å². The molecule has 0 bridgehead atoms. The van der Waals surface area contributed by atoms with E-state index in [4.69, 9.17) is 9.47 Å². The van der Waals surface area contributed by atoms with E-state index in [1.54, 1.807) is 0 Å². The first-order valence-corrected chi connectivity index (χ1v) is 8.86. The number of benzene rings is 2. The Kier molecular flexibility index (Phi) is 6.36. The normalized spacial score (nSPS) is 17.3. The SMILES string of the molecule is O=C(Cc1c(F)cccc1F)N1CCOC(COc2cccc(C(F)(F)F)c2)C1. The van der Waals surface area contributed by atoms with Crippen molar-refractivity contribution in [3.8, 4) is 5.75 Å². The van der Waals surface area contributed by atoms with Crippen molar-refractivity contribution < 1.29 is 36.2 Å². The first-order chi connectivity index (χ1) is 13.7. The lowest BCUT2D eigenvalue weighted by molar-refractivity contribution is -0.140. The lowest BCUT2D eigenvalue weighted by Crippen LogP contribution is -2.48. The van der Waals surface area contributed by atoms with Crippen molar-refractivity contribution in [2.45, 2.75) is 18.7 Å². The summed E-state index contributed by atoms with van der Waals surface area (Å²) >= 11 is 0. The van der Waals surface area contributed by atoms with Crippen LogP contribution in [0, 0.1) is 11.6 Å². The molecule has 1 saturated heterocycles. The Bertz CT molecular complexity index is 851. The zero-order chi connectivity index (χ0) is 21.0. The fraction of sp³-hybridized carbons (Fsp3) is 0.350. The minimum atomic E-state index is -4.48. The third-order valence-electron chi connectivity index (χ3n) is 4.48. The first-order valence-electron chi connectivity index (χ1n) is 8.86. The Balaban J connectivity index is 1.57. The maximum atomic E-state index is 13.7. The molecule has 9 heteroatoms. The third-order valence-corrected chi connectivity index (χ3v) is 4.48. The van der Waals surface area contributed by atoms with E-state index < -0.39 is 41.8 Å². The van der Waals surface area contributed by atoms with Gasteiger partial charge in [-0.3, -0.25) is 4.79 Å². The van der Waals surface area contributed by atoms with Crippen LogP contribution in [-0.2, 0) is 22.1 Å². The van der Waals surface area contributed by atoms with Gasteiger partial charge in [0.05, 0.1) is 25.1 Å². The molecule has 4 nitrogen and oxygen atoms in total. The molecule has 1 amide bonds. The van der Waals surface area contributed by atoms with Gasteiger partial charge >= 0.3 is 6.18 Å². The lowest BCUT2D eigenvalue weighted by atomic mass is 10.1. The summed E-state index contributed by atoms with van der Waals surface area (Å²) in [5, 5.41) is 0. The Hall–Kier alpha value is -2.68. The molecule has 29 heavy (non-hydrogen) atoms. The summed E-state index contributed by atoms with van der Waals surface area (Å²) in [7, 11) is 0. The molecule has 0 N–H and O–H groups in total. The summed E-state index contributed by atoms with van der Waals surface area (Å²) in [5.74, 6) is -2.03. The number of hydrogen-bond donors (Lipinski definition) is 0. The number of morpholine rings is 1. The summed E-state index contributed by atoms with van der Waals surface area (Å²) in [6, 6.07) is 7.82. The molecule has 1 atom stereocenters. The molecule has 0 spiro atoms. The van der Waals surface area contributed by atoms with Crippen molar-refractivity contribution in [1.29, 1.82) is 0 Å². The summed E-state index contributed by atoms with van der Waals surface area (Å²) in [4.78, 5) is 13.8. The summed E-state index contributed by atoms with van der Waals surface area (Å²) in [6.45, 7) is 0.462. The number of amides is 1. The van der Waals surface area contributed by atoms with Crippen LogP contribution in [0.15, 0.2) is 42.5 Å². The van der Waals surface area contributed by atoms with Crippen molar-refractivity contribution in [3.05, 3.63) is 65.2 Å². The van der Waals surface area contributed by atoms with Crippen molar-refractivity contribution in [3.63, 3.8) is 0 Å². The summed E-state index contributed by atoms with van der Waals surface area (Å²) in [5.41, 5.74) is -1.14. The van der Waals surface area contributed by atoms with Gasteiger partial charge in [0.1, 0.15) is 30.1 Å². The van der Waals surface area contributed by atoms with Crippen LogP contribution in [0.1, 0.15) is 11.1 Å². The molecular formula is C20H18F5NO3. The maximum absolute atomic E-state index is 13.7.